The zero-order valence-electron chi connectivity index (χ0n) is 19.5. The number of amides is 1. The lowest BCUT2D eigenvalue weighted by atomic mass is 9.82. The van der Waals surface area contributed by atoms with Crippen LogP contribution in [0.15, 0.2) is 16.9 Å². The molecule has 1 amide bonds. The molecule has 1 aliphatic heterocycles. The maximum absolute atomic E-state index is 14.8. The van der Waals surface area contributed by atoms with E-state index in [4.69, 9.17) is 19.6 Å². The van der Waals surface area contributed by atoms with E-state index in [1.54, 1.807) is 17.6 Å². The van der Waals surface area contributed by atoms with Gasteiger partial charge in [-0.3, -0.25) is 4.79 Å². The third-order valence-electron chi connectivity index (χ3n) is 6.90. The summed E-state index contributed by atoms with van der Waals surface area (Å²) in [4.78, 5) is 30.5. The summed E-state index contributed by atoms with van der Waals surface area (Å²) in [6.07, 6.45) is 0.389. The second-order valence-corrected chi connectivity index (χ2v) is 8.82. The van der Waals surface area contributed by atoms with Crippen molar-refractivity contribution in [1.82, 2.24) is 14.9 Å². The number of hydrogen-bond acceptors (Lipinski definition) is 7. The number of aliphatic hydroxyl groups is 2. The Morgan fingerprint density at radius 3 is 2.83 bits per heavy atom. The molecule has 0 fully saturated rings. The summed E-state index contributed by atoms with van der Waals surface area (Å²) in [7, 11) is 1.48. The lowest BCUT2D eigenvalue weighted by Crippen LogP contribution is -2.33. The Morgan fingerprint density at radius 1 is 1.31 bits per heavy atom. The van der Waals surface area contributed by atoms with Crippen molar-refractivity contribution in [3.05, 3.63) is 61.7 Å². The molecule has 1 aliphatic carbocycles. The van der Waals surface area contributed by atoms with Crippen LogP contribution in [0.3, 0.4) is 0 Å². The van der Waals surface area contributed by atoms with Crippen LogP contribution in [0.25, 0.3) is 22.3 Å². The Kier molecular flexibility index (Phi) is 6.04. The van der Waals surface area contributed by atoms with E-state index in [9.17, 15) is 19.1 Å². The molecule has 2 aliphatic rings. The molecule has 10 heteroatoms. The smallest absolute Gasteiger partial charge is 0.407 e. The molecule has 3 heterocycles. The molecule has 0 saturated carbocycles. The lowest BCUT2D eigenvalue weighted by molar-refractivity contribution is 0.115. The molecule has 3 aromatic rings. The number of rotatable bonds is 6. The molecule has 2 aromatic heterocycles. The number of halogens is 1. The molecule has 35 heavy (non-hydrogen) atoms. The largest absolute Gasteiger partial charge is 0.447 e. The second-order valence-electron chi connectivity index (χ2n) is 8.82. The maximum atomic E-state index is 14.8. The summed E-state index contributed by atoms with van der Waals surface area (Å²) < 4.78 is 26.6. The number of aliphatic hydroxyl groups excluding tert-OH is 2. The number of aromatic nitrogens is 2. The van der Waals surface area contributed by atoms with E-state index in [0.29, 0.717) is 46.4 Å². The number of carbonyl (C=O) groups is 1. The van der Waals surface area contributed by atoms with Gasteiger partial charge in [0.05, 0.1) is 49.3 Å². The Bertz CT molecular complexity index is 1420. The van der Waals surface area contributed by atoms with Gasteiger partial charge in [0.25, 0.3) is 5.56 Å². The number of ether oxygens (including phenoxy) is 2. The van der Waals surface area contributed by atoms with Crippen LogP contribution < -0.4 is 10.9 Å². The maximum Gasteiger partial charge on any atom is 0.407 e. The molecule has 0 unspecified atom stereocenters. The highest BCUT2D eigenvalue weighted by atomic mass is 19.1. The first kappa shape index (κ1) is 23.4. The van der Waals surface area contributed by atoms with E-state index in [2.05, 4.69) is 5.32 Å². The van der Waals surface area contributed by atoms with E-state index in [1.165, 1.54) is 13.2 Å². The van der Waals surface area contributed by atoms with E-state index < -0.39 is 12.1 Å². The number of aryl methyl sites for hydroxylation is 1. The van der Waals surface area contributed by atoms with Gasteiger partial charge in [-0.1, -0.05) is 0 Å². The van der Waals surface area contributed by atoms with Crippen molar-refractivity contribution in [1.29, 1.82) is 0 Å². The zero-order chi connectivity index (χ0) is 24.9. The molecule has 184 valence electrons. The molecule has 1 aromatic carbocycles. The van der Waals surface area contributed by atoms with Gasteiger partial charge in [-0.2, -0.15) is 0 Å². The standard InChI is InChI=1S/C25H26FN3O6/c1-12-14-3-4-18(28-25(33)35-6-5-30)22-15-9-29-20(7-13(10-31)16(11-34-2)24(29)32)23(15)27-19(21(14)22)8-17(12)26/h7-8,18,30-31H,3-6,9-11H2,1-2H3,(H,28,33)/t18-/m0/s1. The monoisotopic (exact) mass is 483 g/mol. The highest BCUT2D eigenvalue weighted by molar-refractivity contribution is 5.93. The van der Waals surface area contributed by atoms with Gasteiger partial charge in [-0.25, -0.2) is 14.2 Å². The number of hydrogen-bond donors (Lipinski definition) is 3. The van der Waals surface area contributed by atoms with Crippen LogP contribution in [0.5, 0.6) is 0 Å². The van der Waals surface area contributed by atoms with Crippen molar-refractivity contribution < 1.29 is 28.9 Å². The van der Waals surface area contributed by atoms with Gasteiger partial charge in [0.1, 0.15) is 12.4 Å². The quantitative estimate of drug-likeness (QED) is 0.384. The lowest BCUT2D eigenvalue weighted by Gasteiger charge is -2.29. The normalized spacial score (nSPS) is 15.7. The van der Waals surface area contributed by atoms with Gasteiger partial charge in [0.15, 0.2) is 0 Å². The molecule has 0 spiro atoms. The summed E-state index contributed by atoms with van der Waals surface area (Å²) in [5.74, 6) is -0.360. The third kappa shape index (κ3) is 3.69. The number of methoxy groups -OCH3 is 1. The minimum absolute atomic E-state index is 0.0586. The van der Waals surface area contributed by atoms with Crippen LogP contribution in [-0.2, 0) is 35.7 Å². The molecule has 0 saturated heterocycles. The van der Waals surface area contributed by atoms with Crippen molar-refractivity contribution >= 4 is 17.0 Å². The minimum Gasteiger partial charge on any atom is -0.447 e. The SMILES string of the molecule is COCc1c(CO)cc2n(c1=O)Cc1c-2nc2cc(F)c(C)c3c2c1[C@@H](NC(=O)OCCO)CC3. The Labute approximate surface area is 200 Å². The highest BCUT2D eigenvalue weighted by Crippen LogP contribution is 2.44. The molecule has 1 atom stereocenters. The van der Waals surface area contributed by atoms with Crippen molar-refractivity contribution in [2.75, 3.05) is 20.3 Å². The van der Waals surface area contributed by atoms with Gasteiger partial charge in [0, 0.05) is 29.7 Å². The van der Waals surface area contributed by atoms with Crippen LogP contribution >= 0.6 is 0 Å². The van der Waals surface area contributed by atoms with E-state index in [0.717, 1.165) is 22.1 Å². The number of fused-ring (bicyclic) bond motifs is 4. The highest BCUT2D eigenvalue weighted by Gasteiger charge is 2.35. The fourth-order valence-electron chi connectivity index (χ4n) is 5.30. The van der Waals surface area contributed by atoms with Crippen LogP contribution in [0.2, 0.25) is 0 Å². The van der Waals surface area contributed by atoms with Crippen molar-refractivity contribution in [2.24, 2.45) is 0 Å². The first-order chi connectivity index (χ1) is 16.9. The van der Waals surface area contributed by atoms with Gasteiger partial charge in [-0.15, -0.1) is 0 Å². The predicted octanol–water partition coefficient (Wildman–Crippen LogP) is 2.22. The number of pyridine rings is 2. The van der Waals surface area contributed by atoms with Crippen LogP contribution in [0, 0.1) is 12.7 Å². The molecule has 5 rings (SSSR count). The molecule has 0 radical (unpaired) electrons. The first-order valence-corrected chi connectivity index (χ1v) is 11.4. The summed E-state index contributed by atoms with van der Waals surface area (Å²) in [5.41, 5.74) is 4.97. The summed E-state index contributed by atoms with van der Waals surface area (Å²) in [6, 6.07) is 2.66. The van der Waals surface area contributed by atoms with Crippen LogP contribution in [0.1, 0.15) is 45.8 Å². The topological polar surface area (TPSA) is 123 Å². The van der Waals surface area contributed by atoms with Crippen molar-refractivity contribution in [3.8, 4) is 11.4 Å². The molecular formula is C25H26FN3O6. The number of nitrogens with zero attached hydrogens (tertiary/aromatic N) is 2. The Morgan fingerprint density at radius 2 is 2.11 bits per heavy atom. The number of carbonyl (C=O) groups excluding carboxylic acids is 1. The zero-order valence-corrected chi connectivity index (χ0v) is 19.5. The van der Waals surface area contributed by atoms with Gasteiger partial charge in [0.2, 0.25) is 0 Å². The molecule has 9 nitrogen and oxygen atoms in total. The Balaban J connectivity index is 1.75. The average molecular weight is 483 g/mol. The summed E-state index contributed by atoms with van der Waals surface area (Å²) >= 11 is 0. The van der Waals surface area contributed by atoms with Crippen LogP contribution in [-0.4, -0.2) is 46.2 Å². The number of alkyl carbamates (subject to hydrolysis) is 1. The fourth-order valence-corrected chi connectivity index (χ4v) is 5.30. The first-order valence-electron chi connectivity index (χ1n) is 11.4. The third-order valence-corrected chi connectivity index (χ3v) is 6.90. The molecular weight excluding hydrogens is 457 g/mol. The summed E-state index contributed by atoms with van der Waals surface area (Å²) in [6.45, 7) is 1.26. The average Bonchev–Trinajstić information content (AvgIpc) is 3.21. The van der Waals surface area contributed by atoms with Gasteiger partial charge in [-0.05, 0) is 48.1 Å². The molecule has 0 bridgehead atoms. The fraction of sp³-hybridized carbons (Fsp3) is 0.400. The summed E-state index contributed by atoms with van der Waals surface area (Å²) in [5, 5.41) is 22.5. The van der Waals surface area contributed by atoms with Gasteiger partial charge >= 0.3 is 6.09 Å². The molecule has 3 N–H and O–H groups in total. The second kappa shape index (κ2) is 9.03. The minimum atomic E-state index is -0.664. The van der Waals surface area contributed by atoms with E-state index in [1.807, 2.05) is 0 Å². The van der Waals surface area contributed by atoms with E-state index in [-0.39, 0.29) is 44.3 Å². The number of nitrogens with one attached hydrogen (secondary N) is 1. The predicted molar refractivity (Wildman–Crippen MR) is 125 cm³/mol. The van der Waals surface area contributed by atoms with Gasteiger partial charge < -0.3 is 29.6 Å². The number of benzene rings is 1. The van der Waals surface area contributed by atoms with Crippen LogP contribution in [0.4, 0.5) is 9.18 Å². The Hall–Kier alpha value is -3.34. The van der Waals surface area contributed by atoms with Crippen molar-refractivity contribution in [2.45, 2.75) is 45.6 Å². The van der Waals surface area contributed by atoms with E-state index >= 15 is 0 Å². The van der Waals surface area contributed by atoms with Crippen molar-refractivity contribution in [3.63, 3.8) is 0 Å².